The van der Waals surface area contributed by atoms with E-state index < -0.39 is 5.82 Å². The number of rotatable bonds is 3. The summed E-state index contributed by atoms with van der Waals surface area (Å²) < 4.78 is 14.0. The zero-order valence-corrected chi connectivity index (χ0v) is 11.7. The Morgan fingerprint density at radius 2 is 2.00 bits per heavy atom. The molecule has 1 aromatic rings. The number of nitrogens with two attached hydrogens (primary N) is 1. The van der Waals surface area contributed by atoms with Crippen molar-refractivity contribution in [3.8, 4) is 0 Å². The second kappa shape index (κ2) is 4.96. The van der Waals surface area contributed by atoms with Crippen LogP contribution < -0.4 is 5.73 Å². The molecule has 0 bridgehead atoms. The fraction of sp³-hybridized carbons (Fsp3) is 0.500. The maximum absolute atomic E-state index is 14.0. The van der Waals surface area contributed by atoms with Crippen molar-refractivity contribution in [2.75, 3.05) is 12.8 Å². The Morgan fingerprint density at radius 3 is 2.50 bits per heavy atom. The summed E-state index contributed by atoms with van der Waals surface area (Å²) in [5.74, 6) is -0.831. The molecule has 4 heteroatoms. The number of amides is 1. The molecule has 3 nitrogen and oxygen atoms in total. The first-order valence-corrected chi connectivity index (χ1v) is 6.04. The first kappa shape index (κ1) is 14.5. The van der Waals surface area contributed by atoms with E-state index in [-0.39, 0.29) is 17.0 Å². The molecule has 1 rings (SSSR count). The molecule has 0 spiro atoms. The van der Waals surface area contributed by atoms with Gasteiger partial charge in [-0.05, 0) is 44.9 Å². The lowest BCUT2D eigenvalue weighted by Crippen LogP contribution is -2.44. The largest absolute Gasteiger partial charge is 0.399 e. The first-order chi connectivity index (χ1) is 8.20. The van der Waals surface area contributed by atoms with Gasteiger partial charge in [-0.3, -0.25) is 4.79 Å². The monoisotopic (exact) mass is 252 g/mol. The lowest BCUT2D eigenvalue weighted by molar-refractivity contribution is 0.0615. The third kappa shape index (κ3) is 2.63. The molecule has 18 heavy (non-hydrogen) atoms. The number of nitrogens with zero attached hydrogens (tertiary/aromatic N) is 1. The predicted octanol–water partition coefficient (Wildman–Crippen LogP) is 2.98. The van der Waals surface area contributed by atoms with Crippen LogP contribution in [-0.4, -0.2) is 23.4 Å². The van der Waals surface area contributed by atoms with Gasteiger partial charge >= 0.3 is 0 Å². The normalized spacial score (nSPS) is 11.4. The van der Waals surface area contributed by atoms with E-state index >= 15 is 0 Å². The Labute approximate surface area is 108 Å². The van der Waals surface area contributed by atoms with Gasteiger partial charge in [0.1, 0.15) is 5.82 Å². The van der Waals surface area contributed by atoms with Crippen molar-refractivity contribution in [1.82, 2.24) is 4.90 Å². The molecule has 1 amide bonds. The third-order valence-corrected chi connectivity index (χ3v) is 3.59. The average Bonchev–Trinajstić information content (AvgIpc) is 2.31. The van der Waals surface area contributed by atoms with Crippen LogP contribution >= 0.6 is 0 Å². The average molecular weight is 252 g/mol. The summed E-state index contributed by atoms with van der Waals surface area (Å²) in [5, 5.41) is 0. The molecule has 0 saturated carbocycles. The van der Waals surface area contributed by atoms with Crippen LogP contribution in [0.3, 0.4) is 0 Å². The Morgan fingerprint density at radius 1 is 1.44 bits per heavy atom. The molecule has 0 atom stereocenters. The number of halogens is 1. The van der Waals surface area contributed by atoms with E-state index in [0.717, 1.165) is 6.42 Å². The van der Waals surface area contributed by atoms with E-state index in [1.54, 1.807) is 18.9 Å². The first-order valence-electron chi connectivity index (χ1n) is 6.04. The van der Waals surface area contributed by atoms with Gasteiger partial charge in [0.2, 0.25) is 0 Å². The molecule has 0 unspecified atom stereocenters. The topological polar surface area (TPSA) is 46.3 Å². The highest BCUT2D eigenvalue weighted by atomic mass is 19.1. The van der Waals surface area contributed by atoms with Gasteiger partial charge in [-0.1, -0.05) is 6.92 Å². The van der Waals surface area contributed by atoms with E-state index in [9.17, 15) is 9.18 Å². The number of benzene rings is 1. The van der Waals surface area contributed by atoms with Gasteiger partial charge in [-0.15, -0.1) is 0 Å². The summed E-state index contributed by atoms with van der Waals surface area (Å²) in [6, 6.07) is 2.92. The lowest BCUT2D eigenvalue weighted by atomic mass is 9.98. The summed E-state index contributed by atoms with van der Waals surface area (Å²) in [6.45, 7) is 7.49. The van der Waals surface area contributed by atoms with Gasteiger partial charge in [0.25, 0.3) is 5.91 Å². The summed E-state index contributed by atoms with van der Waals surface area (Å²) >= 11 is 0. The Kier molecular flexibility index (Phi) is 3.99. The highest BCUT2D eigenvalue weighted by Gasteiger charge is 2.28. The van der Waals surface area contributed by atoms with Crippen molar-refractivity contribution in [3.63, 3.8) is 0 Å². The molecule has 0 aromatic heterocycles. The molecule has 100 valence electrons. The number of aryl methyl sites for hydroxylation is 1. The van der Waals surface area contributed by atoms with Crippen LogP contribution in [0.5, 0.6) is 0 Å². The number of carbonyl (C=O) groups excluding carboxylic acids is 1. The van der Waals surface area contributed by atoms with Crippen LogP contribution in [-0.2, 0) is 0 Å². The summed E-state index contributed by atoms with van der Waals surface area (Å²) in [5.41, 5.74) is 6.18. The number of anilines is 1. The van der Waals surface area contributed by atoms with E-state index in [1.165, 1.54) is 12.1 Å². The smallest absolute Gasteiger partial charge is 0.257 e. The second-order valence-electron chi connectivity index (χ2n) is 5.23. The number of nitrogen functional groups attached to an aromatic ring is 1. The molecule has 0 saturated heterocycles. The van der Waals surface area contributed by atoms with Crippen LogP contribution in [0.4, 0.5) is 10.1 Å². The van der Waals surface area contributed by atoms with Gasteiger partial charge in [-0.25, -0.2) is 4.39 Å². The van der Waals surface area contributed by atoms with Gasteiger partial charge in [-0.2, -0.15) is 0 Å². The van der Waals surface area contributed by atoms with Crippen LogP contribution in [0.25, 0.3) is 0 Å². The van der Waals surface area contributed by atoms with Gasteiger partial charge < -0.3 is 10.6 Å². The Balaban J connectivity index is 3.20. The SMILES string of the molecule is CCC(C)(C)N(C)C(=O)c1cc(N)cc(C)c1F. The summed E-state index contributed by atoms with van der Waals surface area (Å²) in [7, 11) is 1.68. The van der Waals surface area contributed by atoms with E-state index in [1.807, 2.05) is 20.8 Å². The van der Waals surface area contributed by atoms with Crippen molar-refractivity contribution in [3.05, 3.63) is 29.1 Å². The van der Waals surface area contributed by atoms with Crippen molar-refractivity contribution >= 4 is 11.6 Å². The maximum atomic E-state index is 14.0. The van der Waals surface area contributed by atoms with E-state index in [0.29, 0.717) is 11.3 Å². The van der Waals surface area contributed by atoms with Crippen molar-refractivity contribution in [2.24, 2.45) is 0 Å². The fourth-order valence-corrected chi connectivity index (χ4v) is 1.65. The molecule has 0 radical (unpaired) electrons. The van der Waals surface area contributed by atoms with Crippen LogP contribution in [0.2, 0.25) is 0 Å². The second-order valence-corrected chi connectivity index (χ2v) is 5.23. The highest BCUT2D eigenvalue weighted by Crippen LogP contribution is 2.23. The van der Waals surface area contributed by atoms with Gasteiger partial charge in [0.15, 0.2) is 0 Å². The van der Waals surface area contributed by atoms with Crippen LogP contribution in [0, 0.1) is 12.7 Å². The molecule has 2 N–H and O–H groups in total. The van der Waals surface area contributed by atoms with Crippen molar-refractivity contribution in [1.29, 1.82) is 0 Å². The number of hydrogen-bond donors (Lipinski definition) is 1. The van der Waals surface area contributed by atoms with Crippen LogP contribution in [0.15, 0.2) is 12.1 Å². The molecule has 1 aromatic carbocycles. The lowest BCUT2D eigenvalue weighted by Gasteiger charge is -2.35. The zero-order chi connectivity index (χ0) is 14.1. The van der Waals surface area contributed by atoms with Crippen LogP contribution in [0.1, 0.15) is 43.1 Å². The minimum absolute atomic E-state index is 0.0384. The Bertz CT molecular complexity index is 469. The highest BCUT2D eigenvalue weighted by molar-refractivity contribution is 5.96. The maximum Gasteiger partial charge on any atom is 0.257 e. The minimum Gasteiger partial charge on any atom is -0.399 e. The minimum atomic E-state index is -0.493. The molecule has 0 aliphatic heterocycles. The predicted molar refractivity (Wildman–Crippen MR) is 72.0 cm³/mol. The summed E-state index contributed by atoms with van der Waals surface area (Å²) in [6.07, 6.45) is 0.790. The standard InChI is InChI=1S/C14H21FN2O/c1-6-14(3,4)17(5)13(18)11-8-10(16)7-9(2)12(11)15/h7-8H,6,16H2,1-5H3. The van der Waals surface area contributed by atoms with E-state index in [2.05, 4.69) is 0 Å². The van der Waals surface area contributed by atoms with Gasteiger partial charge in [0, 0.05) is 18.3 Å². The zero-order valence-electron chi connectivity index (χ0n) is 11.7. The number of carbonyl (C=O) groups is 1. The number of hydrogen-bond acceptors (Lipinski definition) is 2. The quantitative estimate of drug-likeness (QED) is 0.841. The molecular weight excluding hydrogens is 231 g/mol. The van der Waals surface area contributed by atoms with Crippen molar-refractivity contribution < 1.29 is 9.18 Å². The molecule has 0 aliphatic rings. The fourth-order valence-electron chi connectivity index (χ4n) is 1.65. The molecular formula is C14H21FN2O. The Hall–Kier alpha value is -1.58. The summed E-state index contributed by atoms with van der Waals surface area (Å²) in [4.78, 5) is 13.9. The van der Waals surface area contributed by atoms with Gasteiger partial charge in [0.05, 0.1) is 5.56 Å². The molecule has 0 aliphatic carbocycles. The third-order valence-electron chi connectivity index (χ3n) is 3.59. The van der Waals surface area contributed by atoms with Crippen molar-refractivity contribution in [2.45, 2.75) is 39.7 Å². The molecule has 0 fully saturated rings. The van der Waals surface area contributed by atoms with E-state index in [4.69, 9.17) is 5.73 Å². The molecule has 0 heterocycles.